The molecule has 1 saturated heterocycles. The molecule has 2 heterocycles. The molecule has 1 fully saturated rings. The van der Waals surface area contributed by atoms with E-state index in [1.165, 1.54) is 18.2 Å². The summed E-state index contributed by atoms with van der Waals surface area (Å²) in [6.07, 6.45) is 2.69. The molecule has 0 bridgehead atoms. The summed E-state index contributed by atoms with van der Waals surface area (Å²) in [7, 11) is 0. The van der Waals surface area contributed by atoms with Gasteiger partial charge in [0.25, 0.3) is 5.91 Å². The molecule has 0 spiro atoms. The van der Waals surface area contributed by atoms with E-state index in [9.17, 15) is 9.18 Å². The van der Waals surface area contributed by atoms with Crippen LogP contribution in [0.5, 0.6) is 0 Å². The van der Waals surface area contributed by atoms with Crippen molar-refractivity contribution >= 4 is 28.5 Å². The maximum atomic E-state index is 13.3. The average molecular weight is 344 g/mol. The van der Waals surface area contributed by atoms with E-state index in [1.807, 2.05) is 30.6 Å². The minimum Gasteiger partial charge on any atom is -0.336 e. The lowest BCUT2D eigenvalue weighted by molar-refractivity contribution is 0.0788. The number of benzene rings is 2. The topological polar surface area (TPSA) is 38.1 Å². The van der Waals surface area contributed by atoms with Gasteiger partial charge < -0.3 is 9.47 Å². The van der Waals surface area contributed by atoms with Crippen molar-refractivity contribution in [2.45, 2.75) is 12.5 Å². The summed E-state index contributed by atoms with van der Waals surface area (Å²) in [4.78, 5) is 18.8. The van der Waals surface area contributed by atoms with Crippen LogP contribution in [0.2, 0.25) is 5.02 Å². The number of halogens is 2. The highest BCUT2D eigenvalue weighted by molar-refractivity contribution is 6.31. The highest BCUT2D eigenvalue weighted by Crippen LogP contribution is 2.27. The van der Waals surface area contributed by atoms with Crippen LogP contribution in [0, 0.1) is 5.82 Å². The molecule has 4 nitrogen and oxygen atoms in total. The van der Waals surface area contributed by atoms with Gasteiger partial charge in [0.05, 0.1) is 28.4 Å². The van der Waals surface area contributed by atoms with Crippen molar-refractivity contribution < 1.29 is 9.18 Å². The lowest BCUT2D eigenvalue weighted by Crippen LogP contribution is -2.29. The predicted molar refractivity (Wildman–Crippen MR) is 90.7 cm³/mol. The third-order valence-corrected chi connectivity index (χ3v) is 4.78. The van der Waals surface area contributed by atoms with Crippen molar-refractivity contribution in [1.29, 1.82) is 0 Å². The Morgan fingerprint density at radius 1 is 1.25 bits per heavy atom. The van der Waals surface area contributed by atoms with Crippen LogP contribution < -0.4 is 0 Å². The van der Waals surface area contributed by atoms with E-state index in [-0.39, 0.29) is 17.0 Å². The summed E-state index contributed by atoms with van der Waals surface area (Å²) in [5.41, 5.74) is 2.44. The number of carbonyl (C=O) groups excluding carboxylic acids is 1. The van der Waals surface area contributed by atoms with Crippen LogP contribution >= 0.6 is 11.6 Å². The van der Waals surface area contributed by atoms with Gasteiger partial charge >= 0.3 is 0 Å². The van der Waals surface area contributed by atoms with E-state index in [4.69, 9.17) is 11.6 Å². The Morgan fingerprint density at radius 2 is 2.08 bits per heavy atom. The first-order valence-corrected chi connectivity index (χ1v) is 8.17. The van der Waals surface area contributed by atoms with E-state index >= 15 is 0 Å². The van der Waals surface area contributed by atoms with Crippen LogP contribution in [0.4, 0.5) is 4.39 Å². The summed E-state index contributed by atoms with van der Waals surface area (Å²) in [5, 5.41) is -0.0304. The highest BCUT2D eigenvalue weighted by atomic mass is 35.5. The second kappa shape index (κ2) is 5.91. The standard InChI is InChI=1S/C18H15ClFN3O/c19-14-9-12(5-6-15(14)20)18(24)22-8-7-13(10-22)23-11-21-16-3-1-2-4-17(16)23/h1-6,9,11,13H,7-8,10H2/t13-/m0/s1. The smallest absolute Gasteiger partial charge is 0.253 e. The monoisotopic (exact) mass is 343 g/mol. The molecule has 2 aromatic carbocycles. The number of amides is 1. The van der Waals surface area contributed by atoms with E-state index in [0.717, 1.165) is 17.5 Å². The molecule has 6 heteroatoms. The van der Waals surface area contributed by atoms with Gasteiger partial charge in [-0.2, -0.15) is 0 Å². The minimum absolute atomic E-state index is 0.0304. The largest absolute Gasteiger partial charge is 0.336 e. The fraction of sp³-hybridized carbons (Fsp3) is 0.222. The number of likely N-dealkylation sites (tertiary alicyclic amines) is 1. The first-order chi connectivity index (χ1) is 11.6. The molecule has 0 saturated carbocycles. The van der Waals surface area contributed by atoms with E-state index in [1.54, 1.807) is 4.90 Å². The van der Waals surface area contributed by atoms with Gasteiger partial charge in [-0.05, 0) is 36.8 Å². The van der Waals surface area contributed by atoms with Gasteiger partial charge in [0.1, 0.15) is 5.82 Å². The molecular formula is C18H15ClFN3O. The Balaban J connectivity index is 1.55. The van der Waals surface area contributed by atoms with Gasteiger partial charge in [0.15, 0.2) is 0 Å². The summed E-state index contributed by atoms with van der Waals surface area (Å²) in [5.74, 6) is -0.638. The third-order valence-electron chi connectivity index (χ3n) is 4.49. The number of hydrogen-bond acceptors (Lipinski definition) is 2. The lowest BCUT2D eigenvalue weighted by Gasteiger charge is -2.17. The van der Waals surface area contributed by atoms with Gasteiger partial charge in [0.2, 0.25) is 0 Å². The van der Waals surface area contributed by atoms with Crippen LogP contribution in [0.25, 0.3) is 11.0 Å². The zero-order chi connectivity index (χ0) is 16.7. The van der Waals surface area contributed by atoms with Crippen LogP contribution in [0.3, 0.4) is 0 Å². The van der Waals surface area contributed by atoms with Gasteiger partial charge in [0, 0.05) is 18.7 Å². The normalized spacial score (nSPS) is 17.6. The van der Waals surface area contributed by atoms with Gasteiger partial charge in [-0.15, -0.1) is 0 Å². The van der Waals surface area contributed by atoms with Crippen molar-refractivity contribution in [1.82, 2.24) is 14.5 Å². The molecule has 0 N–H and O–H groups in total. The zero-order valence-corrected chi connectivity index (χ0v) is 13.6. The molecule has 0 unspecified atom stereocenters. The number of para-hydroxylation sites is 2. The fourth-order valence-electron chi connectivity index (χ4n) is 3.23. The second-order valence-electron chi connectivity index (χ2n) is 5.96. The molecule has 3 aromatic rings. The molecule has 1 atom stereocenters. The second-order valence-corrected chi connectivity index (χ2v) is 6.37. The molecule has 0 aliphatic carbocycles. The Labute approximate surface area is 143 Å². The summed E-state index contributed by atoms with van der Waals surface area (Å²) in [6, 6.07) is 12.2. The Kier molecular flexibility index (Phi) is 3.73. The number of aromatic nitrogens is 2. The number of fused-ring (bicyclic) bond motifs is 1. The molecule has 1 amide bonds. The number of imidazole rings is 1. The fourth-order valence-corrected chi connectivity index (χ4v) is 3.41. The van der Waals surface area contributed by atoms with Gasteiger partial charge in [-0.1, -0.05) is 23.7 Å². The van der Waals surface area contributed by atoms with Crippen molar-refractivity contribution in [3.8, 4) is 0 Å². The molecule has 1 aromatic heterocycles. The number of hydrogen-bond donors (Lipinski definition) is 0. The van der Waals surface area contributed by atoms with Crippen molar-refractivity contribution in [2.24, 2.45) is 0 Å². The van der Waals surface area contributed by atoms with E-state index in [2.05, 4.69) is 9.55 Å². The molecular weight excluding hydrogens is 329 g/mol. The van der Waals surface area contributed by atoms with Crippen LogP contribution in [0.1, 0.15) is 22.8 Å². The van der Waals surface area contributed by atoms with E-state index in [0.29, 0.717) is 18.7 Å². The van der Waals surface area contributed by atoms with Crippen molar-refractivity contribution in [2.75, 3.05) is 13.1 Å². The quantitative estimate of drug-likeness (QED) is 0.707. The zero-order valence-electron chi connectivity index (χ0n) is 12.8. The van der Waals surface area contributed by atoms with Crippen molar-refractivity contribution in [3.63, 3.8) is 0 Å². The van der Waals surface area contributed by atoms with Crippen LogP contribution in [-0.2, 0) is 0 Å². The van der Waals surface area contributed by atoms with Gasteiger partial charge in [-0.3, -0.25) is 4.79 Å². The Hall–Kier alpha value is -2.40. The first-order valence-electron chi connectivity index (χ1n) is 7.79. The number of nitrogens with zero attached hydrogens (tertiary/aromatic N) is 3. The maximum Gasteiger partial charge on any atom is 0.253 e. The predicted octanol–water partition coefficient (Wildman–Crippen LogP) is 3.92. The average Bonchev–Trinajstić information content (AvgIpc) is 3.23. The summed E-state index contributed by atoms with van der Waals surface area (Å²) in [6.45, 7) is 1.26. The summed E-state index contributed by atoms with van der Waals surface area (Å²) < 4.78 is 15.4. The SMILES string of the molecule is O=C(c1ccc(F)c(Cl)c1)N1CC[C@H](n2cnc3ccccc32)C1. The maximum absolute atomic E-state index is 13.3. The Bertz CT molecular complexity index is 924. The number of rotatable bonds is 2. The summed E-state index contributed by atoms with van der Waals surface area (Å²) >= 11 is 5.78. The molecule has 4 rings (SSSR count). The highest BCUT2D eigenvalue weighted by Gasteiger charge is 2.29. The number of carbonyl (C=O) groups is 1. The lowest BCUT2D eigenvalue weighted by atomic mass is 10.2. The van der Waals surface area contributed by atoms with Gasteiger partial charge in [-0.25, -0.2) is 9.37 Å². The third kappa shape index (κ3) is 2.55. The van der Waals surface area contributed by atoms with Crippen molar-refractivity contribution in [3.05, 3.63) is 65.2 Å². The Morgan fingerprint density at radius 3 is 2.92 bits per heavy atom. The van der Waals surface area contributed by atoms with Crippen LogP contribution in [-0.4, -0.2) is 33.4 Å². The minimum atomic E-state index is -0.516. The van der Waals surface area contributed by atoms with Crippen LogP contribution in [0.15, 0.2) is 48.8 Å². The van der Waals surface area contributed by atoms with E-state index < -0.39 is 5.82 Å². The first kappa shape index (κ1) is 15.1. The molecule has 24 heavy (non-hydrogen) atoms. The molecule has 1 aliphatic heterocycles. The molecule has 0 radical (unpaired) electrons. The molecule has 1 aliphatic rings. The molecule has 122 valence electrons.